The van der Waals surface area contributed by atoms with Gasteiger partial charge >= 0.3 is 5.92 Å². The molecule has 6 nitrogen and oxygen atoms in total. The molecule has 1 unspecified atom stereocenters. The molecule has 1 aliphatic heterocycles. The molecule has 3 aromatic rings. The third kappa shape index (κ3) is 6.26. The number of alkyl halides is 3. The van der Waals surface area contributed by atoms with Crippen LogP contribution in [0.15, 0.2) is 54.7 Å². The maximum Gasteiger partial charge on any atom is 0.321 e. The van der Waals surface area contributed by atoms with Crippen LogP contribution in [0.3, 0.4) is 0 Å². The van der Waals surface area contributed by atoms with Gasteiger partial charge in [0.25, 0.3) is 5.91 Å². The Morgan fingerprint density at radius 3 is 2.35 bits per heavy atom. The zero-order valence-electron chi connectivity index (χ0n) is 21.7. The quantitative estimate of drug-likeness (QED) is 0.481. The first-order chi connectivity index (χ1) is 17.3. The van der Waals surface area contributed by atoms with Gasteiger partial charge in [0.15, 0.2) is 0 Å². The Hall–Kier alpha value is -3.07. The van der Waals surface area contributed by atoms with Gasteiger partial charge in [-0.3, -0.25) is 9.48 Å². The van der Waals surface area contributed by atoms with Crippen molar-refractivity contribution in [1.82, 2.24) is 15.1 Å². The predicted molar refractivity (Wildman–Crippen MR) is 138 cm³/mol. The molecule has 5 rings (SSSR count). The fourth-order valence-corrected chi connectivity index (χ4v) is 5.00. The van der Waals surface area contributed by atoms with E-state index >= 15 is 0 Å². The summed E-state index contributed by atoms with van der Waals surface area (Å²) in [7, 11) is 0. The fourth-order valence-electron chi connectivity index (χ4n) is 5.00. The summed E-state index contributed by atoms with van der Waals surface area (Å²) in [4.78, 5) is 13.7. The molecule has 9 heteroatoms. The first kappa shape index (κ1) is 27.0. The molecule has 2 N–H and O–H groups in total. The summed E-state index contributed by atoms with van der Waals surface area (Å²) in [6.07, 6.45) is 2.44. The molecule has 1 atom stereocenters. The van der Waals surface area contributed by atoms with Crippen LogP contribution in [-0.2, 0) is 16.9 Å². The lowest BCUT2D eigenvalue weighted by atomic mass is 9.62. The fraction of sp³-hybridized carbons (Fsp3) is 0.500. The van der Waals surface area contributed by atoms with Crippen LogP contribution in [0.1, 0.15) is 46.1 Å². The number of rotatable bonds is 6. The SMILES string of the molecule is CC(C)(O)c1ccccc1.CC(Cn1ncc2cc(N3CC4(CC(F)C4)C3)ccc21)NC(=O)C(C)(F)F. The Kier molecular flexibility index (Phi) is 7.29. The van der Waals surface area contributed by atoms with Crippen molar-refractivity contribution >= 4 is 22.5 Å². The number of amides is 1. The standard InChI is InChI=1S/C19H23F3N4O.C9H12O/c1-12(24-17(27)18(2,21)22)9-26-16-4-3-15(5-13(16)8-23-26)25-10-19(11-25)6-14(20)7-19;1-9(2,10)8-6-4-3-5-7-8/h3-5,8,12,14H,6-7,9-11H2,1-2H3,(H,24,27);3-7,10H,1-2H3. The molecule has 1 spiro atoms. The number of carbonyl (C=O) groups is 1. The van der Waals surface area contributed by atoms with Crippen LogP contribution in [0.2, 0.25) is 0 Å². The summed E-state index contributed by atoms with van der Waals surface area (Å²) in [5.74, 6) is -4.68. The Morgan fingerprint density at radius 2 is 1.81 bits per heavy atom. The van der Waals surface area contributed by atoms with E-state index in [0.717, 1.165) is 35.2 Å². The van der Waals surface area contributed by atoms with Crippen LogP contribution < -0.4 is 10.2 Å². The van der Waals surface area contributed by atoms with Crippen molar-refractivity contribution in [3.63, 3.8) is 0 Å². The van der Waals surface area contributed by atoms with Gasteiger partial charge in [0.05, 0.1) is 23.9 Å². The smallest absolute Gasteiger partial charge is 0.321 e. The number of aliphatic hydroxyl groups is 1. The van der Waals surface area contributed by atoms with Crippen molar-refractivity contribution in [2.45, 2.75) is 70.8 Å². The highest BCUT2D eigenvalue weighted by Crippen LogP contribution is 2.51. The average Bonchev–Trinajstić information content (AvgIpc) is 3.16. The van der Waals surface area contributed by atoms with Crippen LogP contribution in [0.25, 0.3) is 10.9 Å². The Labute approximate surface area is 215 Å². The third-order valence-electron chi connectivity index (χ3n) is 7.06. The van der Waals surface area contributed by atoms with Crippen molar-refractivity contribution in [2.75, 3.05) is 18.0 Å². The number of nitrogens with zero attached hydrogens (tertiary/aromatic N) is 3. The third-order valence-corrected chi connectivity index (χ3v) is 7.06. The molecule has 2 aromatic carbocycles. The molecule has 1 aliphatic carbocycles. The van der Waals surface area contributed by atoms with E-state index in [9.17, 15) is 23.1 Å². The monoisotopic (exact) mass is 516 g/mol. The minimum Gasteiger partial charge on any atom is -0.386 e. The highest BCUT2D eigenvalue weighted by Gasteiger charge is 2.52. The number of aromatic nitrogens is 2. The van der Waals surface area contributed by atoms with Crippen LogP contribution in [0.5, 0.6) is 0 Å². The summed E-state index contributed by atoms with van der Waals surface area (Å²) in [6.45, 7) is 7.89. The normalized spacial score (nSPS) is 18.0. The zero-order chi connectivity index (χ0) is 27.0. The number of benzene rings is 2. The van der Waals surface area contributed by atoms with Crippen LogP contribution >= 0.6 is 0 Å². The Balaban J connectivity index is 0.000000270. The predicted octanol–water partition coefficient (Wildman–Crippen LogP) is 5.05. The number of halogens is 3. The molecule has 0 radical (unpaired) electrons. The molecule has 200 valence electrons. The second-order valence-electron chi connectivity index (χ2n) is 11.1. The van der Waals surface area contributed by atoms with E-state index in [1.807, 2.05) is 48.5 Å². The van der Waals surface area contributed by atoms with Crippen LogP contribution in [0.4, 0.5) is 18.9 Å². The first-order valence-electron chi connectivity index (χ1n) is 12.6. The van der Waals surface area contributed by atoms with E-state index in [1.54, 1.807) is 31.6 Å². The first-order valence-corrected chi connectivity index (χ1v) is 12.6. The summed E-state index contributed by atoms with van der Waals surface area (Å²) >= 11 is 0. The summed E-state index contributed by atoms with van der Waals surface area (Å²) in [6, 6.07) is 15.1. The molecule has 2 heterocycles. The van der Waals surface area contributed by atoms with Crippen molar-refractivity contribution in [3.05, 3.63) is 60.3 Å². The second kappa shape index (κ2) is 10.0. The number of fused-ring (bicyclic) bond motifs is 1. The Bertz CT molecular complexity index is 1220. The molecule has 1 saturated heterocycles. The number of hydrogen-bond donors (Lipinski definition) is 2. The van der Waals surface area contributed by atoms with Crippen molar-refractivity contribution < 1.29 is 23.1 Å². The van der Waals surface area contributed by atoms with Gasteiger partial charge in [-0.1, -0.05) is 30.3 Å². The van der Waals surface area contributed by atoms with Crippen LogP contribution in [0, 0.1) is 5.41 Å². The molecule has 1 saturated carbocycles. The maximum absolute atomic E-state index is 13.1. The molecule has 1 amide bonds. The lowest BCUT2D eigenvalue weighted by molar-refractivity contribution is -0.143. The van der Waals surface area contributed by atoms with Crippen molar-refractivity contribution in [3.8, 4) is 0 Å². The van der Waals surface area contributed by atoms with E-state index in [2.05, 4.69) is 15.3 Å². The second-order valence-corrected chi connectivity index (χ2v) is 11.1. The molecule has 1 aromatic heterocycles. The van der Waals surface area contributed by atoms with Gasteiger partial charge in [0.1, 0.15) is 6.17 Å². The highest BCUT2D eigenvalue weighted by atomic mass is 19.3. The van der Waals surface area contributed by atoms with Gasteiger partial charge in [-0.25, -0.2) is 4.39 Å². The molecule has 2 aliphatic rings. The van der Waals surface area contributed by atoms with Gasteiger partial charge in [0.2, 0.25) is 0 Å². The zero-order valence-corrected chi connectivity index (χ0v) is 21.7. The Morgan fingerprint density at radius 1 is 1.16 bits per heavy atom. The van der Waals surface area contributed by atoms with Gasteiger partial charge in [-0.2, -0.15) is 13.9 Å². The van der Waals surface area contributed by atoms with E-state index < -0.39 is 29.6 Å². The van der Waals surface area contributed by atoms with Crippen molar-refractivity contribution in [2.24, 2.45) is 5.41 Å². The van der Waals surface area contributed by atoms with Gasteiger partial charge in [-0.05, 0) is 57.4 Å². The molecule has 2 fully saturated rings. The number of anilines is 1. The minimum atomic E-state index is -3.40. The molecular formula is C28H35F3N4O2. The molecular weight excluding hydrogens is 481 g/mol. The van der Waals surface area contributed by atoms with Gasteiger partial charge < -0.3 is 15.3 Å². The van der Waals surface area contributed by atoms with E-state index in [4.69, 9.17) is 0 Å². The topological polar surface area (TPSA) is 70.4 Å². The molecule has 0 bridgehead atoms. The summed E-state index contributed by atoms with van der Waals surface area (Å²) < 4.78 is 40.9. The number of nitrogens with one attached hydrogen (secondary N) is 1. The van der Waals surface area contributed by atoms with Gasteiger partial charge in [-0.15, -0.1) is 0 Å². The average molecular weight is 517 g/mol. The lowest BCUT2D eigenvalue weighted by Crippen LogP contribution is -2.63. The number of carbonyl (C=O) groups excluding carboxylic acids is 1. The van der Waals surface area contributed by atoms with E-state index in [-0.39, 0.29) is 5.41 Å². The lowest BCUT2D eigenvalue weighted by Gasteiger charge is -2.58. The van der Waals surface area contributed by atoms with Gasteiger partial charge in [0, 0.05) is 42.5 Å². The van der Waals surface area contributed by atoms with Crippen molar-refractivity contribution in [1.29, 1.82) is 0 Å². The summed E-state index contributed by atoms with van der Waals surface area (Å²) in [5, 5.41) is 17.1. The minimum absolute atomic E-state index is 0.174. The summed E-state index contributed by atoms with van der Waals surface area (Å²) in [5.41, 5.74) is 2.39. The number of hydrogen-bond acceptors (Lipinski definition) is 4. The molecule has 37 heavy (non-hydrogen) atoms. The van der Waals surface area contributed by atoms with E-state index in [1.165, 1.54) is 0 Å². The highest BCUT2D eigenvalue weighted by molar-refractivity contribution is 5.84. The largest absolute Gasteiger partial charge is 0.386 e. The van der Waals surface area contributed by atoms with E-state index in [0.29, 0.717) is 26.3 Å². The maximum atomic E-state index is 13.1. The van der Waals surface area contributed by atoms with Crippen LogP contribution in [-0.4, -0.2) is 52.0 Å².